The Bertz CT molecular complexity index is 401. The molecule has 3 rings (SSSR count). The zero-order valence-corrected chi connectivity index (χ0v) is 11.4. The molecule has 0 spiro atoms. The van der Waals surface area contributed by atoms with Gasteiger partial charge in [0.05, 0.1) is 6.61 Å². The number of hydrogen-bond donors (Lipinski definition) is 0. The van der Waals surface area contributed by atoms with Gasteiger partial charge >= 0.3 is 0 Å². The molecule has 1 fully saturated rings. The topological polar surface area (TPSA) is 12.5 Å². The van der Waals surface area contributed by atoms with Gasteiger partial charge in [-0.1, -0.05) is 18.2 Å². The lowest BCUT2D eigenvalue weighted by Crippen LogP contribution is -2.37. The summed E-state index contributed by atoms with van der Waals surface area (Å²) in [5, 5.41) is 0. The number of benzene rings is 1. The average Bonchev–Trinajstić information content (AvgIpc) is 2.83. The summed E-state index contributed by atoms with van der Waals surface area (Å²) in [6.07, 6.45) is 2.50. The Morgan fingerprint density at radius 2 is 2.00 bits per heavy atom. The minimum Gasteiger partial charge on any atom is -0.493 e. The van der Waals surface area contributed by atoms with Gasteiger partial charge < -0.3 is 9.64 Å². The molecule has 0 radical (unpaired) electrons. The Kier molecular flexibility index (Phi) is 3.76. The SMILES string of the molecule is ClCC1CCN(CC2COc3ccccc32)CC1. The highest BCUT2D eigenvalue weighted by molar-refractivity contribution is 6.18. The number of ether oxygens (including phenoxy) is 1. The zero-order valence-electron chi connectivity index (χ0n) is 10.6. The van der Waals surface area contributed by atoms with Crippen molar-refractivity contribution in [1.82, 2.24) is 4.90 Å². The molecule has 0 amide bonds. The molecule has 1 saturated heterocycles. The van der Waals surface area contributed by atoms with Gasteiger partial charge in [-0.05, 0) is 37.9 Å². The molecule has 18 heavy (non-hydrogen) atoms. The first-order chi connectivity index (χ1) is 8.86. The van der Waals surface area contributed by atoms with Gasteiger partial charge in [-0.15, -0.1) is 11.6 Å². The number of piperidine rings is 1. The van der Waals surface area contributed by atoms with Crippen molar-refractivity contribution in [3.8, 4) is 5.75 Å². The highest BCUT2D eigenvalue weighted by Gasteiger charge is 2.27. The molecule has 1 aromatic rings. The van der Waals surface area contributed by atoms with E-state index in [0.717, 1.165) is 30.7 Å². The monoisotopic (exact) mass is 265 g/mol. The van der Waals surface area contributed by atoms with Crippen LogP contribution in [0.4, 0.5) is 0 Å². The third-order valence-electron chi connectivity index (χ3n) is 4.20. The van der Waals surface area contributed by atoms with Crippen molar-refractivity contribution in [1.29, 1.82) is 0 Å². The molecular weight excluding hydrogens is 246 g/mol. The van der Waals surface area contributed by atoms with E-state index in [-0.39, 0.29) is 0 Å². The highest BCUT2D eigenvalue weighted by Crippen LogP contribution is 2.34. The average molecular weight is 266 g/mol. The fourth-order valence-electron chi connectivity index (χ4n) is 3.02. The third-order valence-corrected chi connectivity index (χ3v) is 4.64. The van der Waals surface area contributed by atoms with Gasteiger partial charge in [-0.25, -0.2) is 0 Å². The Labute approximate surface area is 114 Å². The smallest absolute Gasteiger partial charge is 0.122 e. The van der Waals surface area contributed by atoms with Crippen LogP contribution < -0.4 is 4.74 Å². The third kappa shape index (κ3) is 2.50. The quantitative estimate of drug-likeness (QED) is 0.779. The molecule has 1 unspecified atom stereocenters. The minimum atomic E-state index is 0.550. The summed E-state index contributed by atoms with van der Waals surface area (Å²) >= 11 is 5.93. The number of fused-ring (bicyclic) bond motifs is 1. The molecular formula is C15H20ClNO. The summed E-state index contributed by atoms with van der Waals surface area (Å²) in [7, 11) is 0. The van der Waals surface area contributed by atoms with Crippen LogP contribution in [-0.4, -0.2) is 37.0 Å². The Morgan fingerprint density at radius 3 is 2.78 bits per heavy atom. The maximum atomic E-state index is 5.93. The molecule has 3 heteroatoms. The van der Waals surface area contributed by atoms with Gasteiger partial charge in [0.15, 0.2) is 0 Å². The lowest BCUT2D eigenvalue weighted by Gasteiger charge is -2.32. The van der Waals surface area contributed by atoms with Gasteiger partial charge in [0.1, 0.15) is 5.75 Å². The maximum Gasteiger partial charge on any atom is 0.122 e. The van der Waals surface area contributed by atoms with Crippen LogP contribution in [0, 0.1) is 5.92 Å². The van der Waals surface area contributed by atoms with E-state index in [1.54, 1.807) is 0 Å². The lowest BCUT2D eigenvalue weighted by atomic mass is 9.96. The first-order valence-electron chi connectivity index (χ1n) is 6.87. The summed E-state index contributed by atoms with van der Waals surface area (Å²) in [5.74, 6) is 3.19. The van der Waals surface area contributed by atoms with Crippen molar-refractivity contribution >= 4 is 11.6 Å². The van der Waals surface area contributed by atoms with Crippen LogP contribution in [0.3, 0.4) is 0 Å². The van der Waals surface area contributed by atoms with E-state index >= 15 is 0 Å². The number of nitrogens with zero attached hydrogens (tertiary/aromatic N) is 1. The van der Waals surface area contributed by atoms with Crippen LogP contribution in [0.25, 0.3) is 0 Å². The van der Waals surface area contributed by atoms with Crippen LogP contribution in [0.15, 0.2) is 24.3 Å². The Hall–Kier alpha value is -0.730. The number of rotatable bonds is 3. The van der Waals surface area contributed by atoms with E-state index in [4.69, 9.17) is 16.3 Å². The van der Waals surface area contributed by atoms with Gasteiger partial charge in [-0.3, -0.25) is 0 Å². The van der Waals surface area contributed by atoms with Crippen molar-refractivity contribution in [2.45, 2.75) is 18.8 Å². The Morgan fingerprint density at radius 1 is 1.22 bits per heavy atom. The van der Waals surface area contributed by atoms with Crippen molar-refractivity contribution in [2.75, 3.05) is 32.1 Å². The van der Waals surface area contributed by atoms with Crippen molar-refractivity contribution in [3.05, 3.63) is 29.8 Å². The molecule has 98 valence electrons. The summed E-state index contributed by atoms with van der Waals surface area (Å²) in [6, 6.07) is 8.45. The lowest BCUT2D eigenvalue weighted by molar-refractivity contribution is 0.175. The number of alkyl halides is 1. The van der Waals surface area contributed by atoms with Crippen LogP contribution in [-0.2, 0) is 0 Å². The Balaban J connectivity index is 1.59. The van der Waals surface area contributed by atoms with E-state index in [1.165, 1.54) is 31.5 Å². The number of halogens is 1. The van der Waals surface area contributed by atoms with E-state index in [2.05, 4.69) is 23.1 Å². The van der Waals surface area contributed by atoms with E-state index < -0.39 is 0 Å². The summed E-state index contributed by atoms with van der Waals surface area (Å²) in [5.41, 5.74) is 1.39. The molecule has 0 aliphatic carbocycles. The second-order valence-electron chi connectivity index (χ2n) is 5.44. The standard InChI is InChI=1S/C15H20ClNO/c16-9-12-5-7-17(8-6-12)10-13-11-18-15-4-2-1-3-14(13)15/h1-4,12-13H,5-11H2. The van der Waals surface area contributed by atoms with Crippen LogP contribution in [0.2, 0.25) is 0 Å². The second-order valence-corrected chi connectivity index (χ2v) is 5.75. The van der Waals surface area contributed by atoms with Crippen LogP contribution >= 0.6 is 11.6 Å². The summed E-state index contributed by atoms with van der Waals surface area (Å²) in [4.78, 5) is 2.57. The van der Waals surface area contributed by atoms with Crippen molar-refractivity contribution in [3.63, 3.8) is 0 Å². The molecule has 0 N–H and O–H groups in total. The number of likely N-dealkylation sites (tertiary alicyclic amines) is 1. The van der Waals surface area contributed by atoms with Gasteiger partial charge in [-0.2, -0.15) is 0 Å². The zero-order chi connectivity index (χ0) is 12.4. The van der Waals surface area contributed by atoms with Gasteiger partial charge in [0.2, 0.25) is 0 Å². The van der Waals surface area contributed by atoms with Crippen LogP contribution in [0.5, 0.6) is 5.75 Å². The molecule has 2 heterocycles. The van der Waals surface area contributed by atoms with Crippen molar-refractivity contribution < 1.29 is 4.74 Å². The maximum absolute atomic E-state index is 5.93. The highest BCUT2D eigenvalue weighted by atomic mass is 35.5. The second kappa shape index (κ2) is 5.50. The summed E-state index contributed by atoms with van der Waals surface area (Å²) < 4.78 is 5.75. The first-order valence-corrected chi connectivity index (χ1v) is 7.40. The molecule has 2 aliphatic heterocycles. The fraction of sp³-hybridized carbons (Fsp3) is 0.600. The van der Waals surface area contributed by atoms with Crippen molar-refractivity contribution in [2.24, 2.45) is 5.92 Å². The van der Waals surface area contributed by atoms with Crippen LogP contribution in [0.1, 0.15) is 24.3 Å². The molecule has 2 nitrogen and oxygen atoms in total. The van der Waals surface area contributed by atoms with E-state index in [1.807, 2.05) is 6.07 Å². The largest absolute Gasteiger partial charge is 0.493 e. The normalized spacial score (nSPS) is 24.8. The van der Waals surface area contributed by atoms with E-state index in [9.17, 15) is 0 Å². The predicted molar refractivity (Wildman–Crippen MR) is 74.6 cm³/mol. The molecule has 0 saturated carbocycles. The molecule has 0 aromatic heterocycles. The van der Waals surface area contributed by atoms with E-state index in [0.29, 0.717) is 5.92 Å². The summed E-state index contributed by atoms with van der Waals surface area (Å²) in [6.45, 7) is 4.35. The molecule has 2 aliphatic rings. The fourth-order valence-corrected chi connectivity index (χ4v) is 3.32. The number of hydrogen-bond acceptors (Lipinski definition) is 2. The molecule has 0 bridgehead atoms. The first kappa shape index (κ1) is 12.3. The minimum absolute atomic E-state index is 0.550. The number of para-hydroxylation sites is 1. The molecule has 1 atom stereocenters. The molecule has 1 aromatic carbocycles. The predicted octanol–water partition coefficient (Wildman–Crippen LogP) is 3.11. The van der Waals surface area contributed by atoms with Gasteiger partial charge in [0.25, 0.3) is 0 Å². The van der Waals surface area contributed by atoms with Gasteiger partial charge in [0, 0.05) is 23.9 Å².